The number of ether oxygens (including phenoxy) is 1. The fraction of sp³-hybridized carbons (Fsp3) is 0.190. The van der Waals surface area contributed by atoms with Crippen LogP contribution in [0.3, 0.4) is 0 Å². The highest BCUT2D eigenvalue weighted by molar-refractivity contribution is 5.76. The van der Waals surface area contributed by atoms with Crippen LogP contribution >= 0.6 is 0 Å². The quantitative estimate of drug-likeness (QED) is 0.452. The first kappa shape index (κ1) is 20.7. The molecule has 0 radical (unpaired) electrons. The van der Waals surface area contributed by atoms with Crippen LogP contribution in [0.15, 0.2) is 71.8 Å². The van der Waals surface area contributed by atoms with E-state index in [1.807, 2.05) is 42.5 Å². The van der Waals surface area contributed by atoms with Crippen molar-refractivity contribution in [1.29, 1.82) is 0 Å². The molecule has 30 heavy (non-hydrogen) atoms. The minimum Gasteiger partial charge on any atom is -0.487 e. The molecule has 0 aliphatic carbocycles. The smallest absolute Gasteiger partial charge is 0.285 e. The summed E-state index contributed by atoms with van der Waals surface area (Å²) in [5.41, 5.74) is 0.862. The number of carbonyl (C=O) groups is 1. The van der Waals surface area contributed by atoms with Crippen molar-refractivity contribution < 1.29 is 14.5 Å². The Balaban J connectivity index is 1.62. The van der Waals surface area contributed by atoms with Gasteiger partial charge in [-0.3, -0.25) is 29.3 Å². The fourth-order valence-corrected chi connectivity index (χ4v) is 2.79. The highest BCUT2D eigenvalue weighted by Gasteiger charge is 2.14. The number of rotatable bonds is 8. The van der Waals surface area contributed by atoms with Crippen molar-refractivity contribution in [2.45, 2.75) is 26.1 Å². The van der Waals surface area contributed by atoms with Gasteiger partial charge in [0, 0.05) is 18.3 Å². The van der Waals surface area contributed by atoms with Crippen molar-refractivity contribution in [3.63, 3.8) is 0 Å². The molecule has 0 saturated carbocycles. The molecular weight excluding hydrogens is 388 g/mol. The maximum Gasteiger partial charge on any atom is 0.285 e. The summed E-state index contributed by atoms with van der Waals surface area (Å²) in [6, 6.07) is 14.7. The molecule has 0 aliphatic rings. The average Bonchev–Trinajstić information content (AvgIpc) is 2.74. The first-order valence-corrected chi connectivity index (χ1v) is 9.19. The second-order valence-corrected chi connectivity index (χ2v) is 6.58. The lowest BCUT2D eigenvalue weighted by atomic mass is 10.1. The van der Waals surface area contributed by atoms with Gasteiger partial charge >= 0.3 is 0 Å². The number of hydrogen-bond acceptors (Lipinski definition) is 6. The molecule has 1 amide bonds. The number of benzene rings is 1. The Morgan fingerprint density at radius 3 is 2.80 bits per heavy atom. The lowest BCUT2D eigenvalue weighted by Crippen LogP contribution is -2.33. The number of amides is 1. The second kappa shape index (κ2) is 9.46. The highest BCUT2D eigenvalue weighted by Crippen LogP contribution is 2.20. The largest absolute Gasteiger partial charge is 0.487 e. The molecule has 1 aromatic carbocycles. The van der Waals surface area contributed by atoms with Gasteiger partial charge in [0.15, 0.2) is 0 Å². The van der Waals surface area contributed by atoms with E-state index in [2.05, 4.69) is 10.3 Å². The third-order valence-electron chi connectivity index (χ3n) is 4.34. The first-order chi connectivity index (χ1) is 14.4. The van der Waals surface area contributed by atoms with Crippen LogP contribution < -0.4 is 15.6 Å². The number of hydrogen-bond donors (Lipinski definition) is 1. The number of pyridine rings is 2. The zero-order valence-corrected chi connectivity index (χ0v) is 16.2. The van der Waals surface area contributed by atoms with Crippen molar-refractivity contribution in [1.82, 2.24) is 14.9 Å². The van der Waals surface area contributed by atoms with E-state index in [1.54, 1.807) is 13.1 Å². The van der Waals surface area contributed by atoms with Gasteiger partial charge in [-0.2, -0.15) is 0 Å². The molecule has 0 fully saturated rings. The van der Waals surface area contributed by atoms with Crippen LogP contribution in [-0.2, 0) is 17.9 Å². The number of carbonyl (C=O) groups excluding carboxylic acids is 1. The van der Waals surface area contributed by atoms with Gasteiger partial charge in [-0.1, -0.05) is 18.2 Å². The first-order valence-electron chi connectivity index (χ1n) is 9.19. The predicted molar refractivity (Wildman–Crippen MR) is 109 cm³/mol. The van der Waals surface area contributed by atoms with E-state index in [-0.39, 0.29) is 18.3 Å². The van der Waals surface area contributed by atoms with Crippen molar-refractivity contribution in [2.75, 3.05) is 0 Å². The summed E-state index contributed by atoms with van der Waals surface area (Å²) in [6.45, 7) is 1.80. The standard InChI is InChI=1S/C21H20N4O5/c1-15(23-20(26)13-24-12-18(25(28)29)8-9-21(24)27)16-5-4-7-19(11-16)30-14-17-6-2-3-10-22-17/h2-12,15H,13-14H2,1H3,(H,23,26). The topological polar surface area (TPSA) is 116 Å². The van der Waals surface area contributed by atoms with Crippen molar-refractivity contribution in [3.8, 4) is 5.75 Å². The van der Waals surface area contributed by atoms with Crippen molar-refractivity contribution >= 4 is 11.6 Å². The lowest BCUT2D eigenvalue weighted by Gasteiger charge is -2.16. The Kier molecular flexibility index (Phi) is 6.53. The molecule has 9 nitrogen and oxygen atoms in total. The second-order valence-electron chi connectivity index (χ2n) is 6.58. The maximum atomic E-state index is 12.3. The number of nitro groups is 1. The fourth-order valence-electron chi connectivity index (χ4n) is 2.79. The summed E-state index contributed by atoms with van der Waals surface area (Å²) in [7, 11) is 0. The van der Waals surface area contributed by atoms with Gasteiger partial charge < -0.3 is 10.1 Å². The summed E-state index contributed by atoms with van der Waals surface area (Å²) in [5.74, 6) is 0.194. The molecule has 154 valence electrons. The van der Waals surface area contributed by atoms with Crippen molar-refractivity contribution in [2.24, 2.45) is 0 Å². The molecule has 0 bridgehead atoms. The maximum absolute atomic E-state index is 12.3. The summed E-state index contributed by atoms with van der Waals surface area (Å²) in [4.78, 5) is 38.6. The summed E-state index contributed by atoms with van der Waals surface area (Å²) in [6.07, 6.45) is 2.75. The van der Waals surface area contributed by atoms with Gasteiger partial charge in [-0.05, 0) is 36.8 Å². The Morgan fingerprint density at radius 1 is 1.23 bits per heavy atom. The minimum absolute atomic E-state index is 0.256. The van der Waals surface area contributed by atoms with E-state index in [9.17, 15) is 19.7 Å². The van der Waals surface area contributed by atoms with Crippen LogP contribution in [0.5, 0.6) is 5.75 Å². The van der Waals surface area contributed by atoms with Crippen LogP contribution in [0.4, 0.5) is 5.69 Å². The van der Waals surface area contributed by atoms with Gasteiger partial charge in [0.2, 0.25) is 5.91 Å². The van der Waals surface area contributed by atoms with E-state index < -0.39 is 16.4 Å². The van der Waals surface area contributed by atoms with E-state index in [1.165, 1.54) is 0 Å². The molecule has 3 rings (SSSR count). The third-order valence-corrected chi connectivity index (χ3v) is 4.34. The molecule has 3 aromatic rings. The van der Waals surface area contributed by atoms with Crippen LogP contribution in [0.2, 0.25) is 0 Å². The minimum atomic E-state index is -0.618. The number of nitrogens with one attached hydrogen (secondary N) is 1. The molecule has 9 heteroatoms. The van der Waals surface area contributed by atoms with Crippen LogP contribution in [0, 0.1) is 10.1 Å². The number of nitrogens with zero attached hydrogens (tertiary/aromatic N) is 3. The molecule has 0 spiro atoms. The summed E-state index contributed by atoms with van der Waals surface area (Å²) >= 11 is 0. The molecule has 0 aliphatic heterocycles. The Morgan fingerprint density at radius 2 is 2.07 bits per heavy atom. The summed E-state index contributed by atoms with van der Waals surface area (Å²) in [5, 5.41) is 13.6. The van der Waals surface area contributed by atoms with Crippen LogP contribution in [0.25, 0.3) is 0 Å². The van der Waals surface area contributed by atoms with E-state index in [0.717, 1.165) is 34.2 Å². The Hall–Kier alpha value is -4.01. The van der Waals surface area contributed by atoms with Crippen molar-refractivity contribution in [3.05, 3.63) is 98.7 Å². The predicted octanol–water partition coefficient (Wildman–Crippen LogP) is 2.61. The molecule has 1 unspecified atom stereocenters. The van der Waals surface area contributed by atoms with Crippen LogP contribution in [0.1, 0.15) is 24.2 Å². The molecular formula is C21H20N4O5. The van der Waals surface area contributed by atoms with Gasteiger partial charge in [0.05, 0.1) is 22.9 Å². The molecule has 2 heterocycles. The zero-order chi connectivity index (χ0) is 21.5. The monoisotopic (exact) mass is 408 g/mol. The Labute approximate surface area is 172 Å². The van der Waals surface area contributed by atoms with Gasteiger partial charge in [0.25, 0.3) is 11.2 Å². The molecule has 1 atom stereocenters. The molecule has 1 N–H and O–H groups in total. The van der Waals surface area contributed by atoms with Gasteiger partial charge in [-0.15, -0.1) is 0 Å². The SMILES string of the molecule is CC(NC(=O)Cn1cc([N+](=O)[O-])ccc1=O)c1cccc(OCc2ccccn2)c1. The van der Waals surface area contributed by atoms with E-state index in [0.29, 0.717) is 12.4 Å². The van der Waals surface area contributed by atoms with E-state index in [4.69, 9.17) is 4.74 Å². The van der Waals surface area contributed by atoms with Gasteiger partial charge in [0.1, 0.15) is 18.9 Å². The summed E-state index contributed by atoms with van der Waals surface area (Å²) < 4.78 is 6.76. The molecule has 0 saturated heterocycles. The average molecular weight is 408 g/mol. The van der Waals surface area contributed by atoms with E-state index >= 15 is 0 Å². The zero-order valence-electron chi connectivity index (χ0n) is 16.2. The van der Waals surface area contributed by atoms with Crippen LogP contribution in [-0.4, -0.2) is 20.4 Å². The lowest BCUT2D eigenvalue weighted by molar-refractivity contribution is -0.385. The number of aromatic nitrogens is 2. The Bertz CT molecular complexity index is 1100. The van der Waals surface area contributed by atoms with Gasteiger partial charge in [-0.25, -0.2) is 0 Å². The normalized spacial score (nSPS) is 11.5. The third kappa shape index (κ3) is 5.51. The molecule has 2 aromatic heterocycles. The highest BCUT2D eigenvalue weighted by atomic mass is 16.6.